The quantitative estimate of drug-likeness (QED) is 0.714. The molecule has 90 valence electrons. The summed E-state index contributed by atoms with van der Waals surface area (Å²) in [7, 11) is 0. The van der Waals surface area contributed by atoms with Crippen molar-refractivity contribution in [2.24, 2.45) is 5.92 Å². The summed E-state index contributed by atoms with van der Waals surface area (Å²) in [6.45, 7) is 6.60. The van der Waals surface area contributed by atoms with Gasteiger partial charge in [0.2, 0.25) is 0 Å². The Hall–Kier alpha value is -1.11. The summed E-state index contributed by atoms with van der Waals surface area (Å²) < 4.78 is 0. The SMILES string of the molecule is Cc1cc2c(c3c1C(=O)CC3C(C)C)CCC2. The molecule has 1 atom stereocenters. The smallest absolute Gasteiger partial charge is 0.164 e. The number of hydrogen-bond donors (Lipinski definition) is 0. The molecule has 0 radical (unpaired) electrons. The van der Waals surface area contributed by atoms with Gasteiger partial charge in [-0.2, -0.15) is 0 Å². The maximum Gasteiger partial charge on any atom is 0.164 e. The highest BCUT2D eigenvalue weighted by Gasteiger charge is 2.36. The number of carbonyl (C=O) groups is 1. The van der Waals surface area contributed by atoms with Gasteiger partial charge in [0.15, 0.2) is 5.78 Å². The van der Waals surface area contributed by atoms with Crippen LogP contribution in [0.1, 0.15) is 65.2 Å². The van der Waals surface area contributed by atoms with Gasteiger partial charge in [-0.05, 0) is 60.3 Å². The van der Waals surface area contributed by atoms with Crippen LogP contribution in [-0.2, 0) is 12.8 Å². The molecule has 1 unspecified atom stereocenters. The topological polar surface area (TPSA) is 17.1 Å². The average Bonchev–Trinajstić information content (AvgIpc) is 2.82. The molecular formula is C16H20O. The molecule has 1 heteroatoms. The molecule has 17 heavy (non-hydrogen) atoms. The molecular weight excluding hydrogens is 208 g/mol. The zero-order valence-electron chi connectivity index (χ0n) is 11.0. The van der Waals surface area contributed by atoms with Crippen LogP contribution in [0.15, 0.2) is 6.07 Å². The zero-order valence-corrected chi connectivity index (χ0v) is 11.0. The number of benzene rings is 1. The number of fused-ring (bicyclic) bond motifs is 3. The molecule has 0 saturated carbocycles. The third kappa shape index (κ3) is 1.48. The summed E-state index contributed by atoms with van der Waals surface area (Å²) in [4.78, 5) is 12.2. The molecule has 0 saturated heterocycles. The highest BCUT2D eigenvalue weighted by atomic mass is 16.1. The van der Waals surface area contributed by atoms with Crippen molar-refractivity contribution in [1.82, 2.24) is 0 Å². The lowest BCUT2D eigenvalue weighted by molar-refractivity contribution is 0.0984. The third-order valence-electron chi connectivity index (χ3n) is 4.50. The molecule has 0 bridgehead atoms. The maximum atomic E-state index is 12.2. The highest BCUT2D eigenvalue weighted by molar-refractivity contribution is 6.03. The van der Waals surface area contributed by atoms with Crippen LogP contribution in [0.3, 0.4) is 0 Å². The Morgan fingerprint density at radius 3 is 2.76 bits per heavy atom. The van der Waals surface area contributed by atoms with Crippen molar-refractivity contribution in [3.05, 3.63) is 33.9 Å². The molecule has 3 rings (SSSR count). The van der Waals surface area contributed by atoms with Crippen molar-refractivity contribution in [3.63, 3.8) is 0 Å². The molecule has 0 amide bonds. The molecule has 1 aromatic carbocycles. The zero-order chi connectivity index (χ0) is 12.2. The minimum atomic E-state index is 0.380. The van der Waals surface area contributed by atoms with Gasteiger partial charge in [0.25, 0.3) is 0 Å². The van der Waals surface area contributed by atoms with E-state index in [2.05, 4.69) is 26.8 Å². The number of Topliss-reactive ketones (excluding diaryl/α,β-unsaturated/α-hetero) is 1. The van der Waals surface area contributed by atoms with Gasteiger partial charge in [-0.1, -0.05) is 19.9 Å². The molecule has 0 spiro atoms. The van der Waals surface area contributed by atoms with E-state index in [1.54, 1.807) is 0 Å². The minimum absolute atomic E-state index is 0.380. The van der Waals surface area contributed by atoms with E-state index in [9.17, 15) is 4.79 Å². The molecule has 2 aliphatic rings. The van der Waals surface area contributed by atoms with Gasteiger partial charge in [0.1, 0.15) is 0 Å². The first-order valence-electron chi connectivity index (χ1n) is 6.78. The van der Waals surface area contributed by atoms with Gasteiger partial charge in [0.05, 0.1) is 0 Å². The van der Waals surface area contributed by atoms with Gasteiger partial charge < -0.3 is 0 Å². The Morgan fingerprint density at radius 1 is 1.29 bits per heavy atom. The molecule has 0 aromatic heterocycles. The summed E-state index contributed by atoms with van der Waals surface area (Å²) in [6, 6.07) is 2.27. The van der Waals surface area contributed by atoms with Crippen molar-refractivity contribution >= 4 is 5.78 Å². The van der Waals surface area contributed by atoms with Gasteiger partial charge in [-0.3, -0.25) is 4.79 Å². The molecule has 0 N–H and O–H groups in total. The largest absolute Gasteiger partial charge is 0.294 e. The predicted molar refractivity (Wildman–Crippen MR) is 69.7 cm³/mol. The van der Waals surface area contributed by atoms with Gasteiger partial charge in [0, 0.05) is 12.0 Å². The maximum absolute atomic E-state index is 12.2. The number of hydrogen-bond acceptors (Lipinski definition) is 1. The summed E-state index contributed by atoms with van der Waals surface area (Å²) in [6.07, 6.45) is 4.41. The van der Waals surface area contributed by atoms with E-state index in [4.69, 9.17) is 0 Å². The number of carbonyl (C=O) groups excluding carboxylic acids is 1. The number of rotatable bonds is 1. The Balaban J connectivity index is 2.26. The van der Waals surface area contributed by atoms with E-state index < -0.39 is 0 Å². The fraction of sp³-hybridized carbons (Fsp3) is 0.562. The number of aryl methyl sites for hydroxylation is 2. The van der Waals surface area contributed by atoms with Gasteiger partial charge in [-0.25, -0.2) is 0 Å². The van der Waals surface area contributed by atoms with E-state index in [1.165, 1.54) is 41.5 Å². The molecule has 0 heterocycles. The third-order valence-corrected chi connectivity index (χ3v) is 4.50. The van der Waals surface area contributed by atoms with Crippen LogP contribution in [0.25, 0.3) is 0 Å². The molecule has 0 aliphatic heterocycles. The Bertz CT molecular complexity index is 497. The summed E-state index contributed by atoms with van der Waals surface area (Å²) in [5.74, 6) is 1.43. The van der Waals surface area contributed by atoms with Crippen LogP contribution in [0.5, 0.6) is 0 Å². The molecule has 1 aromatic rings. The van der Waals surface area contributed by atoms with E-state index in [0.717, 1.165) is 12.0 Å². The van der Waals surface area contributed by atoms with E-state index >= 15 is 0 Å². The van der Waals surface area contributed by atoms with Crippen molar-refractivity contribution in [1.29, 1.82) is 0 Å². The predicted octanol–water partition coefficient (Wildman–Crippen LogP) is 3.81. The summed E-state index contributed by atoms with van der Waals surface area (Å²) >= 11 is 0. The van der Waals surface area contributed by atoms with Crippen molar-refractivity contribution in [2.45, 2.75) is 52.4 Å². The van der Waals surface area contributed by atoms with Crippen LogP contribution in [0.4, 0.5) is 0 Å². The standard InChI is InChI=1S/C16H20O/c1-9(2)13-8-14(17)15-10(3)7-11-5-4-6-12(11)16(13)15/h7,9,13H,4-6,8H2,1-3H3. The van der Waals surface area contributed by atoms with Crippen LogP contribution < -0.4 is 0 Å². The van der Waals surface area contributed by atoms with Gasteiger partial charge >= 0.3 is 0 Å². The number of ketones is 1. The van der Waals surface area contributed by atoms with E-state index in [0.29, 0.717) is 17.6 Å². The van der Waals surface area contributed by atoms with Gasteiger partial charge in [-0.15, -0.1) is 0 Å². The lowest BCUT2D eigenvalue weighted by Crippen LogP contribution is -2.06. The first-order valence-corrected chi connectivity index (χ1v) is 6.78. The van der Waals surface area contributed by atoms with E-state index in [-0.39, 0.29) is 0 Å². The fourth-order valence-corrected chi connectivity index (χ4v) is 3.68. The second-order valence-corrected chi connectivity index (χ2v) is 5.95. The minimum Gasteiger partial charge on any atom is -0.294 e. The lowest BCUT2D eigenvalue weighted by atomic mass is 9.85. The van der Waals surface area contributed by atoms with Crippen molar-refractivity contribution < 1.29 is 4.79 Å². The van der Waals surface area contributed by atoms with Crippen LogP contribution in [0, 0.1) is 12.8 Å². The van der Waals surface area contributed by atoms with E-state index in [1.807, 2.05) is 0 Å². The van der Waals surface area contributed by atoms with Crippen LogP contribution >= 0.6 is 0 Å². The van der Waals surface area contributed by atoms with Crippen molar-refractivity contribution in [2.75, 3.05) is 0 Å². The summed E-state index contributed by atoms with van der Waals surface area (Å²) in [5, 5.41) is 0. The average molecular weight is 228 g/mol. The molecule has 1 nitrogen and oxygen atoms in total. The Labute approximate surface area is 103 Å². The molecule has 0 fully saturated rings. The Kier molecular flexibility index (Phi) is 2.39. The lowest BCUT2D eigenvalue weighted by Gasteiger charge is -2.19. The first kappa shape index (κ1) is 11.0. The Morgan fingerprint density at radius 2 is 2.06 bits per heavy atom. The summed E-state index contributed by atoms with van der Waals surface area (Å²) in [5.41, 5.74) is 6.76. The highest BCUT2D eigenvalue weighted by Crippen LogP contribution is 2.44. The second kappa shape index (κ2) is 3.69. The monoisotopic (exact) mass is 228 g/mol. The normalized spacial score (nSPS) is 22.1. The van der Waals surface area contributed by atoms with Crippen LogP contribution in [-0.4, -0.2) is 5.78 Å². The van der Waals surface area contributed by atoms with Crippen molar-refractivity contribution in [3.8, 4) is 0 Å². The second-order valence-electron chi connectivity index (χ2n) is 5.95. The fourth-order valence-electron chi connectivity index (χ4n) is 3.68. The van der Waals surface area contributed by atoms with Crippen LogP contribution in [0.2, 0.25) is 0 Å². The first-order chi connectivity index (χ1) is 8.09. The molecule has 2 aliphatic carbocycles.